The second-order valence-electron chi connectivity index (χ2n) is 6.45. The van der Waals surface area contributed by atoms with E-state index in [-0.39, 0.29) is 17.7 Å². The zero-order chi connectivity index (χ0) is 17.1. The molecule has 5 nitrogen and oxygen atoms in total. The number of halogens is 2. The summed E-state index contributed by atoms with van der Waals surface area (Å²) in [4.78, 5) is 11.7. The van der Waals surface area contributed by atoms with Crippen LogP contribution in [0.15, 0.2) is 18.2 Å². The molecule has 1 aromatic rings. The van der Waals surface area contributed by atoms with Crippen LogP contribution in [0, 0.1) is 0 Å². The summed E-state index contributed by atoms with van der Waals surface area (Å²) in [5.74, 6) is -0.160. The van der Waals surface area contributed by atoms with E-state index in [9.17, 15) is 18.7 Å². The number of carbonyl (C=O) groups excluding carboxylic acids is 1. The lowest BCUT2D eigenvalue weighted by Gasteiger charge is -2.24. The number of aromatic hydroxyl groups is 1. The van der Waals surface area contributed by atoms with Gasteiger partial charge in [-0.25, -0.2) is 13.6 Å². The molecule has 1 amide bonds. The molecular weight excluding hydrogens is 294 g/mol. The average Bonchev–Trinajstić information content (AvgIpc) is 2.30. The first-order valence-electron chi connectivity index (χ1n) is 6.79. The van der Waals surface area contributed by atoms with E-state index in [1.54, 1.807) is 20.8 Å². The van der Waals surface area contributed by atoms with Crippen LogP contribution >= 0.6 is 0 Å². The Morgan fingerprint density at radius 3 is 2.45 bits per heavy atom. The number of nitrogens with two attached hydrogens (primary N) is 1. The number of phenols is 1. The number of phenolic OH excluding ortho intramolecular Hbond substituents is 1. The van der Waals surface area contributed by atoms with Gasteiger partial charge in [0, 0.05) is 5.69 Å². The fraction of sp³-hybridized carbons (Fsp3) is 0.533. The molecule has 0 heterocycles. The number of hydrogen-bond donors (Lipinski definition) is 3. The van der Waals surface area contributed by atoms with Gasteiger partial charge in [0.2, 0.25) is 0 Å². The normalized spacial score (nSPS) is 14.5. The van der Waals surface area contributed by atoms with Crippen molar-refractivity contribution in [2.45, 2.75) is 51.7 Å². The minimum Gasteiger partial charge on any atom is -0.508 e. The van der Waals surface area contributed by atoms with Gasteiger partial charge in [0.05, 0.1) is 5.54 Å². The summed E-state index contributed by atoms with van der Waals surface area (Å²) in [6, 6.07) is 4.15. The quantitative estimate of drug-likeness (QED) is 0.744. The zero-order valence-corrected chi connectivity index (χ0v) is 13.1. The van der Waals surface area contributed by atoms with E-state index in [1.807, 2.05) is 0 Å². The topological polar surface area (TPSA) is 84.6 Å². The molecule has 4 N–H and O–H groups in total. The molecule has 1 atom stereocenters. The van der Waals surface area contributed by atoms with Crippen LogP contribution in [-0.4, -0.2) is 28.8 Å². The van der Waals surface area contributed by atoms with Crippen LogP contribution in [0.2, 0.25) is 0 Å². The van der Waals surface area contributed by atoms with Crippen molar-refractivity contribution in [1.29, 1.82) is 0 Å². The van der Waals surface area contributed by atoms with Crippen molar-refractivity contribution in [3.8, 4) is 5.75 Å². The van der Waals surface area contributed by atoms with Gasteiger partial charge in [0.25, 0.3) is 6.43 Å². The van der Waals surface area contributed by atoms with Crippen molar-refractivity contribution in [3.05, 3.63) is 23.8 Å². The second-order valence-corrected chi connectivity index (χ2v) is 6.45. The van der Waals surface area contributed by atoms with E-state index in [4.69, 9.17) is 10.5 Å². The highest BCUT2D eigenvalue weighted by Crippen LogP contribution is 2.27. The molecule has 0 saturated carbocycles. The van der Waals surface area contributed by atoms with Gasteiger partial charge < -0.3 is 15.6 Å². The summed E-state index contributed by atoms with van der Waals surface area (Å²) >= 11 is 0. The highest BCUT2D eigenvalue weighted by molar-refractivity contribution is 5.85. The van der Waals surface area contributed by atoms with Gasteiger partial charge in [-0.2, -0.15) is 0 Å². The molecule has 0 bridgehead atoms. The van der Waals surface area contributed by atoms with Crippen LogP contribution < -0.4 is 11.1 Å². The molecule has 0 radical (unpaired) electrons. The van der Waals surface area contributed by atoms with E-state index in [0.717, 1.165) is 0 Å². The van der Waals surface area contributed by atoms with Gasteiger partial charge in [-0.1, -0.05) is 0 Å². The van der Waals surface area contributed by atoms with Gasteiger partial charge in [0.1, 0.15) is 11.4 Å². The van der Waals surface area contributed by atoms with E-state index >= 15 is 0 Å². The van der Waals surface area contributed by atoms with Gasteiger partial charge in [-0.05, 0) is 57.9 Å². The monoisotopic (exact) mass is 316 g/mol. The van der Waals surface area contributed by atoms with Gasteiger partial charge in [0.15, 0.2) is 0 Å². The molecule has 0 fully saturated rings. The highest BCUT2D eigenvalue weighted by Gasteiger charge is 2.31. The van der Waals surface area contributed by atoms with Gasteiger partial charge in [-0.15, -0.1) is 0 Å². The van der Waals surface area contributed by atoms with Crippen LogP contribution in [0.25, 0.3) is 0 Å². The first-order valence-corrected chi connectivity index (χ1v) is 6.79. The number of alkyl halides is 2. The molecule has 22 heavy (non-hydrogen) atoms. The third-order valence-electron chi connectivity index (χ3n) is 2.79. The number of hydrogen-bond acceptors (Lipinski definition) is 4. The summed E-state index contributed by atoms with van der Waals surface area (Å²) in [6.45, 7) is 6.36. The summed E-state index contributed by atoms with van der Waals surface area (Å²) in [5.41, 5.74) is 3.64. The predicted octanol–water partition coefficient (Wildman–Crippen LogP) is 3.26. The lowest BCUT2D eigenvalue weighted by molar-refractivity contribution is 0.0629. The molecule has 1 aromatic carbocycles. The number of anilines is 1. The number of rotatable bonds is 4. The van der Waals surface area contributed by atoms with Crippen molar-refractivity contribution in [3.63, 3.8) is 0 Å². The fourth-order valence-electron chi connectivity index (χ4n) is 1.71. The Labute approximate surface area is 128 Å². The molecule has 0 aliphatic carbocycles. The Balaban J connectivity index is 2.89. The molecule has 124 valence electrons. The highest BCUT2D eigenvalue weighted by atomic mass is 19.3. The Kier molecular flexibility index (Phi) is 5.35. The summed E-state index contributed by atoms with van der Waals surface area (Å²) < 4.78 is 30.8. The number of ether oxygens (including phenoxy) is 1. The number of amides is 1. The first kappa shape index (κ1) is 18.2. The van der Waals surface area contributed by atoms with Crippen LogP contribution in [-0.2, 0) is 11.2 Å². The van der Waals surface area contributed by atoms with E-state index in [0.29, 0.717) is 5.69 Å². The molecule has 7 heteroatoms. The van der Waals surface area contributed by atoms with Crippen molar-refractivity contribution in [1.82, 2.24) is 0 Å². The smallest absolute Gasteiger partial charge is 0.412 e. The Bertz CT molecular complexity index is 540. The predicted molar refractivity (Wildman–Crippen MR) is 80.3 cm³/mol. The van der Waals surface area contributed by atoms with Crippen LogP contribution in [0.1, 0.15) is 33.3 Å². The van der Waals surface area contributed by atoms with Crippen molar-refractivity contribution >= 4 is 11.8 Å². The maximum Gasteiger partial charge on any atom is 0.412 e. The second kappa shape index (κ2) is 6.48. The molecular formula is C15H22F2N2O3. The van der Waals surface area contributed by atoms with Crippen LogP contribution in [0.5, 0.6) is 5.75 Å². The molecule has 1 unspecified atom stereocenters. The molecule has 0 saturated heterocycles. The molecule has 1 rings (SSSR count). The lowest BCUT2D eigenvalue weighted by Crippen LogP contribution is -2.45. The molecule has 0 spiro atoms. The number of carbonyl (C=O) groups is 1. The summed E-state index contributed by atoms with van der Waals surface area (Å²) in [6.07, 6.45) is -3.65. The van der Waals surface area contributed by atoms with Gasteiger partial charge in [-0.3, -0.25) is 5.32 Å². The van der Waals surface area contributed by atoms with Crippen LogP contribution in [0.4, 0.5) is 19.3 Å². The Hall–Kier alpha value is -1.89. The Morgan fingerprint density at radius 2 is 1.95 bits per heavy atom. The zero-order valence-electron chi connectivity index (χ0n) is 13.1. The first-order chi connectivity index (χ1) is 9.90. The van der Waals surface area contributed by atoms with Crippen LogP contribution in [0.3, 0.4) is 0 Å². The standard InChI is InChI=1S/C15H22F2N2O3/c1-14(2,3)22-13(21)19-10-5-6-11(20)9(7-10)8-15(4,18)12(16)17/h5-7,12,20H,8,18H2,1-4H3,(H,19,21). The van der Waals surface area contributed by atoms with E-state index in [1.165, 1.54) is 25.1 Å². The number of nitrogens with one attached hydrogen (secondary N) is 1. The van der Waals surface area contributed by atoms with E-state index < -0.39 is 23.7 Å². The van der Waals surface area contributed by atoms with Crippen molar-refractivity contribution in [2.24, 2.45) is 5.73 Å². The molecule has 0 aliphatic heterocycles. The maximum absolute atomic E-state index is 12.8. The maximum atomic E-state index is 12.8. The largest absolute Gasteiger partial charge is 0.508 e. The minimum atomic E-state index is -2.74. The average molecular weight is 316 g/mol. The number of benzene rings is 1. The van der Waals surface area contributed by atoms with Crippen molar-refractivity contribution < 1.29 is 23.4 Å². The van der Waals surface area contributed by atoms with Crippen molar-refractivity contribution in [2.75, 3.05) is 5.32 Å². The van der Waals surface area contributed by atoms with Gasteiger partial charge >= 0.3 is 6.09 Å². The summed E-state index contributed by atoms with van der Waals surface area (Å²) in [7, 11) is 0. The fourth-order valence-corrected chi connectivity index (χ4v) is 1.71. The lowest BCUT2D eigenvalue weighted by atomic mass is 9.93. The third kappa shape index (κ3) is 5.48. The minimum absolute atomic E-state index is 0.160. The molecule has 0 aliphatic rings. The Morgan fingerprint density at radius 1 is 1.36 bits per heavy atom. The molecule has 0 aromatic heterocycles. The summed E-state index contributed by atoms with van der Waals surface area (Å²) in [5, 5.41) is 12.2. The SMILES string of the molecule is CC(C)(C)OC(=O)Nc1ccc(O)c(CC(C)(N)C(F)F)c1. The third-order valence-corrected chi connectivity index (χ3v) is 2.79. The van der Waals surface area contributed by atoms with E-state index in [2.05, 4.69) is 5.32 Å².